The molecule has 4 rings (SSSR count). The zero-order valence-electron chi connectivity index (χ0n) is 13.2. The van der Waals surface area contributed by atoms with Gasteiger partial charge in [0.15, 0.2) is 0 Å². The van der Waals surface area contributed by atoms with Gasteiger partial charge in [-0.15, -0.1) is 0 Å². The molecule has 1 fully saturated rings. The summed E-state index contributed by atoms with van der Waals surface area (Å²) in [5.41, 5.74) is 4.03. The van der Waals surface area contributed by atoms with Gasteiger partial charge >= 0.3 is 0 Å². The molecule has 3 aromatic rings. The number of pyridine rings is 1. The molecule has 1 N–H and O–H groups in total. The normalized spacial score (nSPS) is 17.1. The Bertz CT molecular complexity index is 786. The summed E-state index contributed by atoms with van der Waals surface area (Å²) in [5.74, 6) is 0.628. The average molecular weight is 338 g/mol. The molecule has 6 heteroatoms. The molecular formula is C18H18N4OS. The number of anilines is 1. The van der Waals surface area contributed by atoms with Gasteiger partial charge in [0.05, 0.1) is 11.8 Å². The van der Waals surface area contributed by atoms with Crippen LogP contribution in [-0.4, -0.2) is 34.2 Å². The zero-order chi connectivity index (χ0) is 16.2. The fourth-order valence-corrected chi connectivity index (χ4v) is 3.49. The van der Waals surface area contributed by atoms with Crippen molar-refractivity contribution in [2.75, 3.05) is 18.5 Å². The predicted molar refractivity (Wildman–Crippen MR) is 96.0 cm³/mol. The second kappa shape index (κ2) is 7.07. The van der Waals surface area contributed by atoms with E-state index in [1.54, 1.807) is 17.5 Å². The summed E-state index contributed by atoms with van der Waals surface area (Å²) in [5, 5.41) is 7.47. The smallest absolute Gasteiger partial charge is 0.223 e. The van der Waals surface area contributed by atoms with Gasteiger partial charge in [0, 0.05) is 42.9 Å². The van der Waals surface area contributed by atoms with E-state index in [1.165, 1.54) is 0 Å². The van der Waals surface area contributed by atoms with Crippen LogP contribution in [-0.2, 0) is 4.74 Å². The summed E-state index contributed by atoms with van der Waals surface area (Å²) in [7, 11) is 0. The summed E-state index contributed by atoms with van der Waals surface area (Å²) >= 11 is 1.67. The molecule has 1 atom stereocenters. The minimum Gasteiger partial charge on any atom is -0.376 e. The minimum atomic E-state index is 0.256. The van der Waals surface area contributed by atoms with Crippen molar-refractivity contribution in [2.24, 2.45) is 0 Å². The van der Waals surface area contributed by atoms with Crippen molar-refractivity contribution in [1.29, 1.82) is 0 Å². The Hall–Kier alpha value is -2.31. The van der Waals surface area contributed by atoms with Gasteiger partial charge < -0.3 is 10.1 Å². The van der Waals surface area contributed by atoms with Crippen LogP contribution >= 0.6 is 11.3 Å². The molecule has 0 spiro atoms. The number of nitrogens with one attached hydrogen (secondary N) is 1. The molecule has 1 aliphatic heterocycles. The van der Waals surface area contributed by atoms with E-state index in [0.29, 0.717) is 5.95 Å². The van der Waals surface area contributed by atoms with Crippen LogP contribution in [0.1, 0.15) is 12.8 Å². The highest BCUT2D eigenvalue weighted by atomic mass is 32.1. The van der Waals surface area contributed by atoms with Gasteiger partial charge in [0.2, 0.25) is 5.95 Å². The molecule has 0 amide bonds. The third-order valence-electron chi connectivity index (χ3n) is 4.07. The van der Waals surface area contributed by atoms with Gasteiger partial charge in [0.25, 0.3) is 0 Å². The van der Waals surface area contributed by atoms with E-state index in [9.17, 15) is 0 Å². The third-order valence-corrected chi connectivity index (χ3v) is 4.75. The molecular weight excluding hydrogens is 320 g/mol. The van der Waals surface area contributed by atoms with Crippen molar-refractivity contribution >= 4 is 17.3 Å². The molecule has 0 radical (unpaired) electrons. The van der Waals surface area contributed by atoms with Crippen LogP contribution in [0.2, 0.25) is 0 Å². The summed E-state index contributed by atoms with van der Waals surface area (Å²) in [4.78, 5) is 13.5. The number of aromatic nitrogens is 3. The molecule has 24 heavy (non-hydrogen) atoms. The highest BCUT2D eigenvalue weighted by Crippen LogP contribution is 2.31. The summed E-state index contributed by atoms with van der Waals surface area (Å²) in [6, 6.07) is 6.03. The molecule has 1 aliphatic rings. The second-order valence-electron chi connectivity index (χ2n) is 5.73. The van der Waals surface area contributed by atoms with Crippen LogP contribution in [0.5, 0.6) is 0 Å². The van der Waals surface area contributed by atoms with Crippen LogP contribution in [0.4, 0.5) is 5.95 Å². The van der Waals surface area contributed by atoms with Crippen LogP contribution in [0.25, 0.3) is 22.4 Å². The van der Waals surface area contributed by atoms with Gasteiger partial charge in [-0.3, -0.25) is 4.98 Å². The monoisotopic (exact) mass is 338 g/mol. The van der Waals surface area contributed by atoms with Gasteiger partial charge in [-0.05, 0) is 47.4 Å². The number of hydrogen-bond acceptors (Lipinski definition) is 6. The van der Waals surface area contributed by atoms with Crippen LogP contribution in [0.3, 0.4) is 0 Å². The first-order valence-corrected chi connectivity index (χ1v) is 9.00. The molecule has 0 aliphatic carbocycles. The second-order valence-corrected chi connectivity index (χ2v) is 6.51. The Morgan fingerprint density at radius 1 is 1.25 bits per heavy atom. The highest BCUT2D eigenvalue weighted by molar-refractivity contribution is 7.08. The maximum absolute atomic E-state index is 5.65. The summed E-state index contributed by atoms with van der Waals surface area (Å²) in [6.07, 6.45) is 7.97. The van der Waals surface area contributed by atoms with Crippen LogP contribution in [0, 0.1) is 0 Å². The van der Waals surface area contributed by atoms with Crippen molar-refractivity contribution in [3.05, 3.63) is 47.5 Å². The predicted octanol–water partition coefficient (Wildman–Crippen LogP) is 3.86. The number of hydrogen-bond donors (Lipinski definition) is 1. The third kappa shape index (κ3) is 3.29. The van der Waals surface area contributed by atoms with Crippen LogP contribution in [0.15, 0.2) is 47.5 Å². The Morgan fingerprint density at radius 2 is 2.25 bits per heavy atom. The Balaban J connectivity index is 1.65. The minimum absolute atomic E-state index is 0.256. The van der Waals surface area contributed by atoms with Crippen molar-refractivity contribution in [2.45, 2.75) is 18.9 Å². The lowest BCUT2D eigenvalue weighted by molar-refractivity contribution is 0.120. The van der Waals surface area contributed by atoms with Gasteiger partial charge in [0.1, 0.15) is 0 Å². The van der Waals surface area contributed by atoms with Crippen LogP contribution < -0.4 is 5.32 Å². The van der Waals surface area contributed by atoms with Gasteiger partial charge in [-0.25, -0.2) is 9.97 Å². The standard InChI is InChI=1S/C18H18N4OS/c1-3-13(9-19-6-1)17-16(14-5-8-24-12-14)11-21-18(22-17)20-10-15-4-2-7-23-15/h1,3,5-6,8-9,11-12,15H,2,4,7,10H2,(H,20,21,22)/t15-/m0/s1. The SMILES string of the molecule is c1cncc(-c2nc(NC[C@@H]3CCCO3)ncc2-c2ccsc2)c1. The molecule has 0 bridgehead atoms. The molecule has 0 aromatic carbocycles. The van der Waals surface area contributed by atoms with Crippen molar-refractivity contribution in [3.63, 3.8) is 0 Å². The summed E-state index contributed by atoms with van der Waals surface area (Å²) in [6.45, 7) is 1.59. The maximum Gasteiger partial charge on any atom is 0.223 e. The van der Waals surface area contributed by atoms with Gasteiger partial charge in [-0.1, -0.05) is 0 Å². The van der Waals surface area contributed by atoms with E-state index in [0.717, 1.165) is 48.4 Å². The molecule has 3 aromatic heterocycles. The number of ether oxygens (including phenoxy) is 1. The lowest BCUT2D eigenvalue weighted by Crippen LogP contribution is -2.19. The number of nitrogens with zero attached hydrogens (tertiary/aromatic N) is 3. The number of thiophene rings is 1. The Kier molecular flexibility index (Phi) is 4.49. The van der Waals surface area contributed by atoms with E-state index in [4.69, 9.17) is 9.72 Å². The fourth-order valence-electron chi connectivity index (χ4n) is 2.83. The Labute approximate surface area is 144 Å². The van der Waals surface area contributed by atoms with Crippen molar-refractivity contribution in [3.8, 4) is 22.4 Å². The first-order valence-electron chi connectivity index (χ1n) is 8.05. The lowest BCUT2D eigenvalue weighted by Gasteiger charge is -2.13. The molecule has 0 saturated carbocycles. The quantitative estimate of drug-likeness (QED) is 0.765. The van der Waals surface area contributed by atoms with E-state index in [1.807, 2.05) is 24.5 Å². The molecule has 122 valence electrons. The fraction of sp³-hybridized carbons (Fsp3) is 0.278. The van der Waals surface area contributed by atoms with Gasteiger partial charge in [-0.2, -0.15) is 11.3 Å². The topological polar surface area (TPSA) is 59.9 Å². The highest BCUT2D eigenvalue weighted by Gasteiger charge is 2.16. The van der Waals surface area contributed by atoms with Crippen molar-refractivity contribution < 1.29 is 4.74 Å². The largest absolute Gasteiger partial charge is 0.376 e. The van der Waals surface area contributed by atoms with E-state index < -0.39 is 0 Å². The Morgan fingerprint density at radius 3 is 3.00 bits per heavy atom. The van der Waals surface area contributed by atoms with Crippen molar-refractivity contribution in [1.82, 2.24) is 15.0 Å². The zero-order valence-corrected chi connectivity index (χ0v) is 14.0. The number of rotatable bonds is 5. The lowest BCUT2D eigenvalue weighted by atomic mass is 10.0. The van der Waals surface area contributed by atoms with E-state index >= 15 is 0 Å². The molecule has 4 heterocycles. The molecule has 1 saturated heterocycles. The maximum atomic E-state index is 5.65. The average Bonchev–Trinajstić information content (AvgIpc) is 3.34. The summed E-state index contributed by atoms with van der Waals surface area (Å²) < 4.78 is 5.65. The first kappa shape index (κ1) is 15.2. The molecule has 0 unspecified atom stereocenters. The molecule has 5 nitrogen and oxygen atoms in total. The first-order chi connectivity index (χ1) is 11.9. The van der Waals surface area contributed by atoms with E-state index in [-0.39, 0.29) is 6.10 Å². The van der Waals surface area contributed by atoms with E-state index in [2.05, 4.69) is 32.1 Å².